The summed E-state index contributed by atoms with van der Waals surface area (Å²) < 4.78 is 16.2. The van der Waals surface area contributed by atoms with Crippen LogP contribution in [-0.2, 0) is 0 Å². The van der Waals surface area contributed by atoms with E-state index < -0.39 is 0 Å². The lowest BCUT2D eigenvalue weighted by molar-refractivity contribution is 0.543. The summed E-state index contributed by atoms with van der Waals surface area (Å²) in [6, 6.07) is 5.36. The number of hydrogen-bond donors (Lipinski definition) is 1. The average Bonchev–Trinajstić information content (AvgIpc) is 2.64. The predicted octanol–water partition coefficient (Wildman–Crippen LogP) is 4.15. The predicted molar refractivity (Wildman–Crippen MR) is 74.8 cm³/mol. The van der Waals surface area contributed by atoms with Crippen LogP contribution in [0.2, 0.25) is 0 Å². The highest BCUT2D eigenvalue weighted by atomic mass is 32.2. The Balaban J connectivity index is 2.50. The molecule has 0 radical (unpaired) electrons. The Morgan fingerprint density at radius 2 is 2.29 bits per heavy atom. The second-order valence-electron chi connectivity index (χ2n) is 4.06. The highest BCUT2D eigenvalue weighted by Gasteiger charge is 2.12. The second-order valence-corrected chi connectivity index (χ2v) is 5.44. The van der Waals surface area contributed by atoms with E-state index in [-0.39, 0.29) is 11.9 Å². The monoisotopic (exact) mass is 270 g/mol. The second kappa shape index (κ2) is 5.23. The average molecular weight is 270 g/mol. The minimum Gasteiger partial charge on any atom is -0.328 e. The molecule has 5 heteroatoms. The molecule has 0 aliphatic heterocycles. The van der Waals surface area contributed by atoms with Crippen LogP contribution in [0, 0.1) is 10.6 Å². The molecule has 17 heavy (non-hydrogen) atoms. The Hall–Kier alpha value is -0.810. The zero-order chi connectivity index (χ0) is 12.4. The molecular formula is C12H15FN2S2. The molecule has 1 unspecified atom stereocenters. The van der Waals surface area contributed by atoms with Gasteiger partial charge in [0.2, 0.25) is 0 Å². The lowest BCUT2D eigenvalue weighted by Gasteiger charge is -2.13. The zero-order valence-corrected chi connectivity index (χ0v) is 11.5. The summed E-state index contributed by atoms with van der Waals surface area (Å²) in [5.74, 6) is 0.828. The van der Waals surface area contributed by atoms with Crippen LogP contribution in [0.1, 0.15) is 19.4 Å². The van der Waals surface area contributed by atoms with Crippen molar-refractivity contribution < 1.29 is 4.39 Å². The number of halogens is 1. The Morgan fingerprint density at radius 1 is 1.53 bits per heavy atom. The maximum atomic E-state index is 13.6. The van der Waals surface area contributed by atoms with Crippen LogP contribution in [0.4, 0.5) is 4.39 Å². The third-order valence-corrected chi connectivity index (χ3v) is 3.83. The van der Waals surface area contributed by atoms with Crippen molar-refractivity contribution in [2.45, 2.75) is 19.4 Å². The fourth-order valence-corrected chi connectivity index (χ4v) is 2.93. The van der Waals surface area contributed by atoms with Crippen LogP contribution in [-0.4, -0.2) is 21.6 Å². The molecule has 0 saturated carbocycles. The van der Waals surface area contributed by atoms with Gasteiger partial charge in [0.1, 0.15) is 11.3 Å². The number of aromatic amines is 1. The molecular weight excluding hydrogens is 255 g/mol. The van der Waals surface area contributed by atoms with Crippen molar-refractivity contribution in [3.8, 4) is 0 Å². The van der Waals surface area contributed by atoms with Crippen LogP contribution < -0.4 is 0 Å². The van der Waals surface area contributed by atoms with E-state index >= 15 is 0 Å². The van der Waals surface area contributed by atoms with Crippen molar-refractivity contribution in [3.05, 3.63) is 28.8 Å². The summed E-state index contributed by atoms with van der Waals surface area (Å²) in [7, 11) is 0. The van der Waals surface area contributed by atoms with E-state index in [1.165, 1.54) is 6.07 Å². The van der Waals surface area contributed by atoms with E-state index in [0.29, 0.717) is 10.3 Å². The molecule has 0 amide bonds. The molecule has 92 valence electrons. The topological polar surface area (TPSA) is 20.7 Å². The molecule has 1 heterocycles. The zero-order valence-electron chi connectivity index (χ0n) is 9.87. The molecule has 0 aliphatic carbocycles. The van der Waals surface area contributed by atoms with Crippen LogP contribution in [0.25, 0.3) is 11.0 Å². The molecule has 1 N–H and O–H groups in total. The van der Waals surface area contributed by atoms with Gasteiger partial charge in [0.05, 0.1) is 5.52 Å². The van der Waals surface area contributed by atoms with Crippen LogP contribution in [0.5, 0.6) is 0 Å². The molecule has 1 aromatic carbocycles. The van der Waals surface area contributed by atoms with Gasteiger partial charge in [-0.3, -0.25) is 0 Å². The van der Waals surface area contributed by atoms with Gasteiger partial charge in [-0.15, -0.1) is 0 Å². The summed E-state index contributed by atoms with van der Waals surface area (Å²) in [5.41, 5.74) is 1.36. The van der Waals surface area contributed by atoms with E-state index in [2.05, 4.69) is 18.2 Å². The van der Waals surface area contributed by atoms with Gasteiger partial charge in [-0.05, 0) is 49.7 Å². The maximum absolute atomic E-state index is 13.6. The van der Waals surface area contributed by atoms with Gasteiger partial charge >= 0.3 is 0 Å². The van der Waals surface area contributed by atoms with Gasteiger partial charge in [0.25, 0.3) is 0 Å². The van der Waals surface area contributed by atoms with Gasteiger partial charge < -0.3 is 9.55 Å². The van der Waals surface area contributed by atoms with Gasteiger partial charge in [0.15, 0.2) is 4.77 Å². The standard InChI is InChI=1S/C12H15FN2S2/c1-8(6-7-17-2)15-10-5-3-4-9(13)11(10)14-12(15)16/h3-5,8H,6-7H2,1-2H3,(H,14,16). The van der Waals surface area contributed by atoms with Gasteiger partial charge in [-0.25, -0.2) is 4.39 Å². The number of para-hydroxylation sites is 1. The largest absolute Gasteiger partial charge is 0.328 e. The summed E-state index contributed by atoms with van der Waals surface area (Å²) in [6.07, 6.45) is 3.11. The van der Waals surface area contributed by atoms with E-state index in [4.69, 9.17) is 12.2 Å². The summed E-state index contributed by atoms with van der Waals surface area (Å²) in [6.45, 7) is 2.12. The fraction of sp³-hybridized carbons (Fsp3) is 0.417. The summed E-state index contributed by atoms with van der Waals surface area (Å²) in [5, 5.41) is 0. The first kappa shape index (κ1) is 12.6. The number of nitrogens with zero attached hydrogens (tertiary/aromatic N) is 1. The maximum Gasteiger partial charge on any atom is 0.178 e. The molecule has 2 nitrogen and oxygen atoms in total. The fourth-order valence-electron chi connectivity index (χ4n) is 1.97. The van der Waals surface area contributed by atoms with E-state index in [0.717, 1.165) is 17.7 Å². The molecule has 0 spiro atoms. The Kier molecular flexibility index (Phi) is 3.89. The molecule has 2 aromatic rings. The molecule has 2 rings (SSSR count). The Bertz CT molecular complexity index is 573. The number of aromatic nitrogens is 2. The third-order valence-electron chi connectivity index (χ3n) is 2.88. The number of rotatable bonds is 4. The van der Waals surface area contributed by atoms with Crippen molar-refractivity contribution >= 4 is 35.0 Å². The number of benzene rings is 1. The van der Waals surface area contributed by atoms with Crippen molar-refractivity contribution in [2.24, 2.45) is 0 Å². The smallest absolute Gasteiger partial charge is 0.178 e. The lowest BCUT2D eigenvalue weighted by Crippen LogP contribution is -2.06. The molecule has 0 bridgehead atoms. The third kappa shape index (κ3) is 2.40. The number of fused-ring (bicyclic) bond motifs is 1. The molecule has 0 aliphatic rings. The molecule has 0 saturated heterocycles. The number of H-pyrrole nitrogens is 1. The molecule has 1 atom stereocenters. The van der Waals surface area contributed by atoms with Gasteiger partial charge in [-0.2, -0.15) is 11.8 Å². The number of imidazole rings is 1. The first-order valence-corrected chi connectivity index (χ1v) is 7.33. The van der Waals surface area contributed by atoms with Crippen molar-refractivity contribution in [1.29, 1.82) is 0 Å². The van der Waals surface area contributed by atoms with Gasteiger partial charge in [-0.1, -0.05) is 6.07 Å². The first-order chi connectivity index (χ1) is 8.15. The van der Waals surface area contributed by atoms with Gasteiger partial charge in [0, 0.05) is 6.04 Å². The van der Waals surface area contributed by atoms with E-state index in [1.54, 1.807) is 6.07 Å². The first-order valence-electron chi connectivity index (χ1n) is 5.53. The number of nitrogens with one attached hydrogen (secondary N) is 1. The van der Waals surface area contributed by atoms with Crippen molar-refractivity contribution in [3.63, 3.8) is 0 Å². The van der Waals surface area contributed by atoms with E-state index in [1.807, 2.05) is 22.4 Å². The molecule has 0 fully saturated rings. The van der Waals surface area contributed by atoms with Crippen LogP contribution >= 0.6 is 24.0 Å². The Labute approximate surface area is 109 Å². The molecule has 1 aromatic heterocycles. The summed E-state index contributed by atoms with van der Waals surface area (Å²) in [4.78, 5) is 2.95. The van der Waals surface area contributed by atoms with E-state index in [9.17, 15) is 4.39 Å². The van der Waals surface area contributed by atoms with Crippen LogP contribution in [0.3, 0.4) is 0 Å². The SMILES string of the molecule is CSCCC(C)n1c(=S)[nH]c2c(F)cccc21. The summed E-state index contributed by atoms with van der Waals surface area (Å²) >= 11 is 7.08. The minimum absolute atomic E-state index is 0.246. The number of thioether (sulfide) groups is 1. The highest BCUT2D eigenvalue weighted by Crippen LogP contribution is 2.23. The number of hydrogen-bond acceptors (Lipinski definition) is 2. The minimum atomic E-state index is -0.246. The quantitative estimate of drug-likeness (QED) is 0.842. The normalized spacial score (nSPS) is 13.1. The van der Waals surface area contributed by atoms with Crippen molar-refractivity contribution in [1.82, 2.24) is 9.55 Å². The highest BCUT2D eigenvalue weighted by molar-refractivity contribution is 7.98. The lowest BCUT2D eigenvalue weighted by atomic mass is 10.2. The Morgan fingerprint density at radius 3 is 3.00 bits per heavy atom. The van der Waals surface area contributed by atoms with Crippen molar-refractivity contribution in [2.75, 3.05) is 12.0 Å². The van der Waals surface area contributed by atoms with Crippen LogP contribution in [0.15, 0.2) is 18.2 Å².